The summed E-state index contributed by atoms with van der Waals surface area (Å²) in [6.07, 6.45) is 3.12. The molecule has 0 spiro atoms. The Morgan fingerprint density at radius 3 is 2.36 bits per heavy atom. The molecule has 12 heteroatoms. The number of nitrogens with zero attached hydrogens (tertiary/aromatic N) is 3. The number of carbonyl (C=O) groups is 2. The molecule has 9 nitrogen and oxygen atoms in total. The maximum atomic E-state index is 12.9. The number of aldehydes is 1. The number of nitrogens with two attached hydrogens (primary N) is 2. The Hall–Kier alpha value is -3.57. The molecule has 3 rings (SSSR count). The van der Waals surface area contributed by atoms with Gasteiger partial charge in [0.05, 0.1) is 0 Å². The van der Waals surface area contributed by atoms with E-state index in [4.69, 9.17) is 32.5 Å². The summed E-state index contributed by atoms with van der Waals surface area (Å²) in [4.78, 5) is 33.2. The van der Waals surface area contributed by atoms with E-state index in [9.17, 15) is 18.4 Å². The Labute approximate surface area is 212 Å². The van der Waals surface area contributed by atoms with E-state index < -0.39 is 25.4 Å². The van der Waals surface area contributed by atoms with Crippen LogP contribution in [0.2, 0.25) is 5.02 Å². The van der Waals surface area contributed by atoms with Crippen LogP contribution in [0.1, 0.15) is 34.1 Å². The number of aromatic nitrogens is 1. The van der Waals surface area contributed by atoms with Gasteiger partial charge in [-0.25, -0.2) is 13.8 Å². The van der Waals surface area contributed by atoms with Gasteiger partial charge in [0.2, 0.25) is 5.88 Å². The topological polar surface area (TPSA) is 133 Å². The first-order valence-corrected chi connectivity index (χ1v) is 11.3. The van der Waals surface area contributed by atoms with Crippen LogP contribution in [0.4, 0.5) is 8.78 Å². The van der Waals surface area contributed by atoms with Crippen molar-refractivity contribution in [2.24, 2.45) is 16.5 Å². The van der Waals surface area contributed by atoms with Crippen LogP contribution in [-0.2, 0) is 0 Å². The van der Waals surface area contributed by atoms with Crippen molar-refractivity contribution in [1.29, 1.82) is 0 Å². The highest BCUT2D eigenvalue weighted by atomic mass is 35.5. The third-order valence-electron chi connectivity index (χ3n) is 4.64. The van der Waals surface area contributed by atoms with Gasteiger partial charge >= 0.3 is 0 Å². The van der Waals surface area contributed by atoms with E-state index in [2.05, 4.69) is 21.9 Å². The summed E-state index contributed by atoms with van der Waals surface area (Å²) in [6.45, 7) is 2.03. The van der Waals surface area contributed by atoms with Gasteiger partial charge in [0, 0.05) is 29.1 Å². The Balaban J connectivity index is 0.000000809. The molecule has 2 aromatic rings. The number of hydrogen-bond donors (Lipinski definition) is 2. The van der Waals surface area contributed by atoms with E-state index in [0.29, 0.717) is 12.0 Å². The highest BCUT2D eigenvalue weighted by molar-refractivity contribution is 6.32. The number of amides is 1. The summed E-state index contributed by atoms with van der Waals surface area (Å²) in [6, 6.07) is 5.14. The van der Waals surface area contributed by atoms with Crippen LogP contribution in [0, 0.1) is 0 Å². The molecule has 0 aliphatic carbocycles. The molecule has 4 N–H and O–H groups in total. The molecule has 194 valence electrons. The van der Waals surface area contributed by atoms with E-state index in [-0.39, 0.29) is 39.4 Å². The fourth-order valence-corrected chi connectivity index (χ4v) is 2.95. The number of ether oxygens (including phenoxy) is 2. The van der Waals surface area contributed by atoms with E-state index in [0.717, 1.165) is 0 Å². The smallest absolute Gasteiger partial charge is 0.279 e. The van der Waals surface area contributed by atoms with Crippen LogP contribution >= 0.6 is 11.6 Å². The summed E-state index contributed by atoms with van der Waals surface area (Å²) in [7, 11) is 2.14. The molecule has 0 radical (unpaired) electrons. The molecule has 2 heterocycles. The maximum absolute atomic E-state index is 12.9. The number of carbonyl (C=O) groups excluding carboxylic acids is 2. The Morgan fingerprint density at radius 1 is 1.22 bits per heavy atom. The van der Waals surface area contributed by atoms with Crippen molar-refractivity contribution < 1.29 is 27.8 Å². The minimum absolute atomic E-state index is 0.0184. The van der Waals surface area contributed by atoms with Crippen LogP contribution in [0.3, 0.4) is 0 Å². The van der Waals surface area contributed by atoms with Gasteiger partial charge in [-0.1, -0.05) is 11.6 Å². The van der Waals surface area contributed by atoms with Gasteiger partial charge in [0.1, 0.15) is 35.7 Å². The van der Waals surface area contributed by atoms with Crippen molar-refractivity contribution in [3.8, 4) is 17.4 Å². The Bertz CT molecular complexity index is 1120. The van der Waals surface area contributed by atoms with Gasteiger partial charge in [-0.05, 0) is 57.8 Å². The zero-order valence-electron chi connectivity index (χ0n) is 19.9. The van der Waals surface area contributed by atoms with Gasteiger partial charge in [0.25, 0.3) is 5.91 Å². The lowest BCUT2D eigenvalue weighted by atomic mass is 10.2. The lowest BCUT2D eigenvalue weighted by Gasteiger charge is -2.24. The molecule has 1 aliphatic heterocycles. The monoisotopic (exact) mass is 523 g/mol. The number of benzene rings is 1. The van der Waals surface area contributed by atoms with Crippen LogP contribution in [0.15, 0.2) is 47.2 Å². The molecule has 1 amide bonds. The predicted octanol–water partition coefficient (Wildman–Crippen LogP) is 3.71. The number of aliphatic imine (C=N–C) groups is 1. The molecular formula is C24H28ClF2N5O4. The molecular weight excluding hydrogens is 496 g/mol. The number of likely N-dealkylation sites (tertiary alicyclic amines) is 1. The largest absolute Gasteiger partial charge is 0.485 e. The number of halogens is 3. The Morgan fingerprint density at radius 2 is 1.86 bits per heavy atom. The third-order valence-corrected chi connectivity index (χ3v) is 4.91. The van der Waals surface area contributed by atoms with Crippen molar-refractivity contribution in [3.63, 3.8) is 0 Å². The van der Waals surface area contributed by atoms with Crippen LogP contribution in [-0.4, -0.2) is 67.5 Å². The van der Waals surface area contributed by atoms with Crippen molar-refractivity contribution >= 4 is 29.6 Å². The van der Waals surface area contributed by atoms with Crippen LogP contribution in [0.25, 0.3) is 0 Å². The number of hydrogen-bond acceptors (Lipinski definition) is 7. The van der Waals surface area contributed by atoms with Gasteiger partial charge in [-0.2, -0.15) is 4.99 Å². The Kier molecular flexibility index (Phi) is 11.2. The van der Waals surface area contributed by atoms with Crippen molar-refractivity contribution in [2.75, 3.05) is 33.5 Å². The summed E-state index contributed by atoms with van der Waals surface area (Å²) in [5.41, 5.74) is 11.7. The minimum atomic E-state index is -1.37. The molecule has 0 unspecified atom stereocenters. The third kappa shape index (κ3) is 9.23. The fraction of sp³-hybridized carbons (Fsp3) is 0.333. The molecule has 1 saturated heterocycles. The molecule has 1 fully saturated rings. The highest BCUT2D eigenvalue weighted by Gasteiger charge is 2.16. The van der Waals surface area contributed by atoms with Crippen molar-refractivity contribution in [1.82, 2.24) is 9.88 Å². The second-order valence-electron chi connectivity index (χ2n) is 7.90. The minimum Gasteiger partial charge on any atom is -0.485 e. The second-order valence-corrected chi connectivity index (χ2v) is 8.31. The number of alkyl halides is 2. The quantitative estimate of drug-likeness (QED) is 0.289. The van der Waals surface area contributed by atoms with Gasteiger partial charge in [-0.15, -0.1) is 0 Å². The number of pyridine rings is 1. The summed E-state index contributed by atoms with van der Waals surface area (Å²) in [5.74, 6) is -1.03. The zero-order valence-corrected chi connectivity index (χ0v) is 20.7. The maximum Gasteiger partial charge on any atom is 0.279 e. The molecule has 1 aromatic heterocycles. The molecule has 36 heavy (non-hydrogen) atoms. The molecule has 1 aliphatic rings. The first-order chi connectivity index (χ1) is 17.1. The van der Waals surface area contributed by atoms with Gasteiger partial charge < -0.3 is 25.8 Å². The number of allylic oxidation sites excluding steroid dienone is 1. The average Bonchev–Trinajstić information content (AvgIpc) is 2.82. The van der Waals surface area contributed by atoms with E-state index in [1.807, 2.05) is 0 Å². The molecule has 0 bridgehead atoms. The van der Waals surface area contributed by atoms with E-state index in [1.54, 1.807) is 6.92 Å². The standard InChI is InChI=1S/C20H19ClF2N4O4.C4H9N/c1-11(24)2-18(25)27-19(29)13-4-14(30-16(7-22)8-23)6-15(5-13)31-20-17(21)3-12(10-28)9-26-20;1-5-3-2-4-5/h2-6,9-10,16H,7-8,24H2,1H3,(H2,25,27,29);2-4H2,1H3/b11-2-;. The van der Waals surface area contributed by atoms with Crippen molar-refractivity contribution in [3.05, 3.63) is 58.4 Å². The first kappa shape index (κ1) is 28.7. The van der Waals surface area contributed by atoms with Crippen LogP contribution < -0.4 is 20.9 Å². The first-order valence-electron chi connectivity index (χ1n) is 10.9. The lowest BCUT2D eigenvalue weighted by Crippen LogP contribution is -2.32. The zero-order chi connectivity index (χ0) is 26.7. The van der Waals surface area contributed by atoms with Crippen LogP contribution in [0.5, 0.6) is 17.4 Å². The summed E-state index contributed by atoms with van der Waals surface area (Å²) < 4.78 is 36.6. The fourth-order valence-electron chi connectivity index (χ4n) is 2.73. The SMILES string of the molecule is C/C(N)=C/C(N)=NC(=O)c1cc(Oc2ncc(C=O)cc2Cl)cc(OC(CF)CF)c1.CN1CCC1. The van der Waals surface area contributed by atoms with Crippen molar-refractivity contribution in [2.45, 2.75) is 19.4 Å². The average molecular weight is 524 g/mol. The number of amidine groups is 1. The molecule has 1 aromatic carbocycles. The van der Waals surface area contributed by atoms with E-state index >= 15 is 0 Å². The normalized spacial score (nSPS) is 13.9. The van der Waals surface area contributed by atoms with Gasteiger partial charge in [-0.3, -0.25) is 9.59 Å². The summed E-state index contributed by atoms with van der Waals surface area (Å²) in [5, 5.41) is 0.0278. The molecule has 0 saturated carbocycles. The predicted molar refractivity (Wildman–Crippen MR) is 134 cm³/mol. The summed E-state index contributed by atoms with van der Waals surface area (Å²) >= 11 is 6.05. The number of rotatable bonds is 9. The highest BCUT2D eigenvalue weighted by Crippen LogP contribution is 2.31. The lowest BCUT2D eigenvalue weighted by molar-refractivity contribution is 0.1000. The molecule has 0 atom stereocenters. The van der Waals surface area contributed by atoms with E-state index in [1.165, 1.54) is 56.0 Å². The van der Waals surface area contributed by atoms with Gasteiger partial charge in [0.15, 0.2) is 12.4 Å². The second kappa shape index (κ2) is 14.1.